The number of hydrogen-bond donors (Lipinski definition) is 3. The zero-order chi connectivity index (χ0) is 11.4. The standard InChI is InChI=1S/C9H16N2O3S/c1-5(12)7-9(14)10-6(3-4-15-2)8(13)11-7/h5-7,12H,3-4H2,1-2H3,(H,10,14)(H,11,13). The summed E-state index contributed by atoms with van der Waals surface area (Å²) in [5.74, 6) is 0.294. The van der Waals surface area contributed by atoms with Crippen molar-refractivity contribution in [2.75, 3.05) is 12.0 Å². The molecule has 0 aromatic carbocycles. The zero-order valence-corrected chi connectivity index (χ0v) is 9.63. The molecule has 0 aromatic rings. The van der Waals surface area contributed by atoms with Crippen LogP contribution >= 0.6 is 11.8 Å². The van der Waals surface area contributed by atoms with E-state index in [2.05, 4.69) is 10.6 Å². The van der Waals surface area contributed by atoms with Crippen LogP contribution in [-0.4, -0.2) is 47.1 Å². The third-order valence-corrected chi connectivity index (χ3v) is 2.95. The Bertz CT molecular complexity index is 258. The van der Waals surface area contributed by atoms with Crippen LogP contribution in [0.25, 0.3) is 0 Å². The number of piperazine rings is 1. The molecule has 3 atom stereocenters. The Hall–Kier alpha value is -0.750. The van der Waals surface area contributed by atoms with E-state index in [1.807, 2.05) is 6.26 Å². The predicted molar refractivity (Wildman–Crippen MR) is 58.5 cm³/mol. The molecular formula is C9H16N2O3S. The monoisotopic (exact) mass is 232 g/mol. The molecule has 1 aliphatic heterocycles. The number of aliphatic hydroxyl groups excluding tert-OH is 1. The fourth-order valence-corrected chi connectivity index (χ4v) is 1.90. The smallest absolute Gasteiger partial charge is 0.245 e. The van der Waals surface area contributed by atoms with Crippen LogP contribution in [0.3, 0.4) is 0 Å². The van der Waals surface area contributed by atoms with Crippen LogP contribution in [0.4, 0.5) is 0 Å². The van der Waals surface area contributed by atoms with Crippen LogP contribution in [-0.2, 0) is 9.59 Å². The van der Waals surface area contributed by atoms with E-state index in [1.54, 1.807) is 11.8 Å². The van der Waals surface area contributed by atoms with Crippen molar-refractivity contribution in [3.8, 4) is 0 Å². The van der Waals surface area contributed by atoms with Crippen molar-refractivity contribution < 1.29 is 14.7 Å². The fraction of sp³-hybridized carbons (Fsp3) is 0.778. The first-order valence-corrected chi connectivity index (χ1v) is 6.23. The second-order valence-electron chi connectivity index (χ2n) is 3.57. The van der Waals surface area contributed by atoms with E-state index in [0.29, 0.717) is 6.42 Å². The minimum absolute atomic E-state index is 0.213. The summed E-state index contributed by atoms with van der Waals surface area (Å²) < 4.78 is 0. The minimum Gasteiger partial charge on any atom is -0.391 e. The highest BCUT2D eigenvalue weighted by Crippen LogP contribution is 2.07. The van der Waals surface area contributed by atoms with Crippen molar-refractivity contribution in [2.24, 2.45) is 0 Å². The summed E-state index contributed by atoms with van der Waals surface area (Å²) in [6.45, 7) is 1.48. The minimum atomic E-state index is -0.865. The van der Waals surface area contributed by atoms with Gasteiger partial charge in [-0.3, -0.25) is 9.59 Å². The molecule has 1 rings (SSSR count). The Kier molecular flexibility index (Phi) is 4.41. The first kappa shape index (κ1) is 12.3. The molecule has 0 radical (unpaired) electrons. The number of amides is 2. The van der Waals surface area contributed by atoms with Crippen LogP contribution < -0.4 is 10.6 Å². The van der Waals surface area contributed by atoms with Crippen LogP contribution in [0.1, 0.15) is 13.3 Å². The van der Waals surface area contributed by atoms with Crippen molar-refractivity contribution in [1.29, 1.82) is 0 Å². The second kappa shape index (κ2) is 5.37. The van der Waals surface area contributed by atoms with Crippen LogP contribution in [0.2, 0.25) is 0 Å². The summed E-state index contributed by atoms with van der Waals surface area (Å²) >= 11 is 1.62. The number of hydrogen-bond acceptors (Lipinski definition) is 4. The average Bonchev–Trinajstić information content (AvgIpc) is 2.18. The maximum atomic E-state index is 11.5. The number of thioether (sulfide) groups is 1. The van der Waals surface area contributed by atoms with Gasteiger partial charge in [0.05, 0.1) is 6.10 Å². The highest BCUT2D eigenvalue weighted by Gasteiger charge is 2.35. The van der Waals surface area contributed by atoms with Gasteiger partial charge in [-0.15, -0.1) is 0 Å². The lowest BCUT2D eigenvalue weighted by Gasteiger charge is -2.30. The molecule has 0 spiro atoms. The summed E-state index contributed by atoms with van der Waals surface area (Å²) in [6.07, 6.45) is 1.70. The van der Waals surface area contributed by atoms with Gasteiger partial charge < -0.3 is 15.7 Å². The second-order valence-corrected chi connectivity index (χ2v) is 4.56. The summed E-state index contributed by atoms with van der Waals surface area (Å²) in [7, 11) is 0. The number of carbonyl (C=O) groups is 2. The molecule has 0 saturated carbocycles. The van der Waals surface area contributed by atoms with Crippen LogP contribution in [0.5, 0.6) is 0 Å². The van der Waals surface area contributed by atoms with E-state index in [1.165, 1.54) is 6.92 Å². The van der Waals surface area contributed by atoms with Gasteiger partial charge in [-0.2, -0.15) is 11.8 Å². The first-order chi connectivity index (χ1) is 7.06. The molecular weight excluding hydrogens is 216 g/mol. The van der Waals surface area contributed by atoms with E-state index in [-0.39, 0.29) is 11.8 Å². The third-order valence-electron chi connectivity index (χ3n) is 2.31. The number of rotatable bonds is 4. The van der Waals surface area contributed by atoms with E-state index in [9.17, 15) is 14.7 Å². The van der Waals surface area contributed by atoms with Crippen molar-refractivity contribution in [1.82, 2.24) is 10.6 Å². The van der Waals surface area contributed by atoms with Crippen molar-refractivity contribution >= 4 is 23.6 Å². The Morgan fingerprint density at radius 2 is 2.07 bits per heavy atom. The van der Waals surface area contributed by atoms with Gasteiger partial charge in [0.2, 0.25) is 11.8 Å². The molecule has 2 amide bonds. The van der Waals surface area contributed by atoms with E-state index in [0.717, 1.165) is 5.75 Å². The van der Waals surface area contributed by atoms with Crippen LogP contribution in [0, 0.1) is 0 Å². The molecule has 3 unspecified atom stereocenters. The average molecular weight is 232 g/mol. The Morgan fingerprint density at radius 1 is 1.40 bits per heavy atom. The normalized spacial score (nSPS) is 28.2. The molecule has 0 aromatic heterocycles. The fourth-order valence-electron chi connectivity index (χ4n) is 1.43. The zero-order valence-electron chi connectivity index (χ0n) is 8.82. The van der Waals surface area contributed by atoms with Gasteiger partial charge in [0.1, 0.15) is 12.1 Å². The van der Waals surface area contributed by atoms with Gasteiger partial charge in [-0.25, -0.2) is 0 Å². The number of nitrogens with one attached hydrogen (secondary N) is 2. The van der Waals surface area contributed by atoms with Crippen LogP contribution in [0.15, 0.2) is 0 Å². The summed E-state index contributed by atoms with van der Waals surface area (Å²) in [5.41, 5.74) is 0. The van der Waals surface area contributed by atoms with E-state index >= 15 is 0 Å². The molecule has 1 aliphatic rings. The van der Waals surface area contributed by atoms with E-state index in [4.69, 9.17) is 0 Å². The molecule has 1 heterocycles. The molecule has 1 saturated heterocycles. The van der Waals surface area contributed by atoms with Crippen molar-refractivity contribution in [2.45, 2.75) is 31.5 Å². The van der Waals surface area contributed by atoms with Gasteiger partial charge >= 0.3 is 0 Å². The Labute approximate surface area is 93.0 Å². The third kappa shape index (κ3) is 3.10. The SMILES string of the molecule is CSCCC1NC(=O)C(C(C)O)NC1=O. The summed E-state index contributed by atoms with van der Waals surface area (Å²) in [4.78, 5) is 23.0. The molecule has 0 aliphatic carbocycles. The maximum absolute atomic E-state index is 11.5. The number of aliphatic hydroxyl groups is 1. The molecule has 6 heteroatoms. The molecule has 86 valence electrons. The van der Waals surface area contributed by atoms with E-state index < -0.39 is 18.2 Å². The predicted octanol–water partition coefficient (Wildman–Crippen LogP) is -0.897. The first-order valence-electron chi connectivity index (χ1n) is 4.84. The van der Waals surface area contributed by atoms with Gasteiger partial charge in [-0.05, 0) is 25.4 Å². The van der Waals surface area contributed by atoms with Gasteiger partial charge in [0.15, 0.2) is 0 Å². The van der Waals surface area contributed by atoms with Crippen molar-refractivity contribution in [3.63, 3.8) is 0 Å². The molecule has 3 N–H and O–H groups in total. The maximum Gasteiger partial charge on any atom is 0.245 e. The Morgan fingerprint density at radius 3 is 2.60 bits per heavy atom. The highest BCUT2D eigenvalue weighted by molar-refractivity contribution is 7.98. The highest BCUT2D eigenvalue weighted by atomic mass is 32.2. The molecule has 1 fully saturated rings. The summed E-state index contributed by atoms with van der Waals surface area (Å²) in [6, 6.07) is -1.28. The quantitative estimate of drug-likeness (QED) is 0.587. The largest absolute Gasteiger partial charge is 0.391 e. The lowest BCUT2D eigenvalue weighted by molar-refractivity contribution is -0.139. The topological polar surface area (TPSA) is 78.4 Å². The molecule has 15 heavy (non-hydrogen) atoms. The van der Waals surface area contributed by atoms with Crippen molar-refractivity contribution in [3.05, 3.63) is 0 Å². The summed E-state index contributed by atoms with van der Waals surface area (Å²) in [5, 5.41) is 14.4. The molecule has 0 bridgehead atoms. The number of carbonyl (C=O) groups excluding carboxylic acids is 2. The lowest BCUT2D eigenvalue weighted by Crippen LogP contribution is -2.64. The Balaban J connectivity index is 2.55. The van der Waals surface area contributed by atoms with Gasteiger partial charge in [0.25, 0.3) is 0 Å². The molecule has 5 nitrogen and oxygen atoms in total. The van der Waals surface area contributed by atoms with Gasteiger partial charge in [-0.1, -0.05) is 0 Å². The lowest BCUT2D eigenvalue weighted by atomic mass is 10.1. The van der Waals surface area contributed by atoms with Gasteiger partial charge in [0, 0.05) is 0 Å².